The molecular formula is C26H26O2. The summed E-state index contributed by atoms with van der Waals surface area (Å²) in [6, 6.07) is 29.6. The van der Waals surface area contributed by atoms with Crippen LogP contribution in [0.1, 0.15) is 34.1 Å². The number of benzene rings is 3. The summed E-state index contributed by atoms with van der Waals surface area (Å²) in [5.74, 6) is 0.320. The summed E-state index contributed by atoms with van der Waals surface area (Å²) >= 11 is 0. The van der Waals surface area contributed by atoms with E-state index < -0.39 is 0 Å². The summed E-state index contributed by atoms with van der Waals surface area (Å²) in [5, 5.41) is 0. The van der Waals surface area contributed by atoms with E-state index in [0.29, 0.717) is 13.2 Å². The second-order valence-electron chi connectivity index (χ2n) is 6.59. The van der Waals surface area contributed by atoms with E-state index in [1.54, 1.807) is 0 Å². The molecule has 0 aliphatic rings. The summed E-state index contributed by atoms with van der Waals surface area (Å²) < 4.78 is 11.1. The van der Waals surface area contributed by atoms with Crippen molar-refractivity contribution in [2.75, 3.05) is 13.2 Å². The van der Waals surface area contributed by atoms with Crippen LogP contribution in [0.4, 0.5) is 0 Å². The number of rotatable bonds is 10. The van der Waals surface area contributed by atoms with E-state index in [2.05, 4.69) is 86.0 Å². The summed E-state index contributed by atoms with van der Waals surface area (Å²) in [6.07, 6.45) is 3.00. The molecule has 2 nitrogen and oxygen atoms in total. The topological polar surface area (TPSA) is 18.5 Å². The Balaban J connectivity index is 1.88. The molecule has 0 aliphatic carbocycles. The Morgan fingerprint density at radius 3 is 1.18 bits per heavy atom. The van der Waals surface area contributed by atoms with E-state index in [-0.39, 0.29) is 11.8 Å². The van der Waals surface area contributed by atoms with Gasteiger partial charge in [0.05, 0.1) is 25.7 Å². The van der Waals surface area contributed by atoms with E-state index in [1.165, 1.54) is 34.8 Å². The molecule has 0 radical (unpaired) electrons. The molecule has 2 atom stereocenters. The first-order valence-electron chi connectivity index (χ1n) is 9.48. The second-order valence-corrected chi connectivity index (χ2v) is 6.59. The average Bonchev–Trinajstić information content (AvgIpc) is 2.77. The van der Waals surface area contributed by atoms with Gasteiger partial charge in [0.2, 0.25) is 0 Å². The smallest absolute Gasteiger partial charge is 0.0982 e. The Morgan fingerprint density at radius 1 is 0.536 bits per heavy atom. The van der Waals surface area contributed by atoms with Crippen molar-refractivity contribution in [3.8, 4) is 0 Å². The minimum atomic E-state index is 0.160. The molecule has 3 aromatic rings. The van der Waals surface area contributed by atoms with Gasteiger partial charge < -0.3 is 9.47 Å². The van der Waals surface area contributed by atoms with Crippen LogP contribution in [0.15, 0.2) is 111 Å². The third-order valence-corrected chi connectivity index (χ3v) is 4.91. The highest BCUT2D eigenvalue weighted by Crippen LogP contribution is 2.29. The van der Waals surface area contributed by atoms with Gasteiger partial charge in [-0.3, -0.25) is 0 Å². The molecule has 0 spiro atoms. The van der Waals surface area contributed by atoms with Crippen molar-refractivity contribution in [1.29, 1.82) is 0 Å². The lowest BCUT2D eigenvalue weighted by atomic mass is 9.88. The summed E-state index contributed by atoms with van der Waals surface area (Å²) in [7, 11) is 0. The van der Waals surface area contributed by atoms with Crippen molar-refractivity contribution in [3.63, 3.8) is 0 Å². The van der Waals surface area contributed by atoms with Crippen LogP contribution in [0, 0.1) is 0 Å². The standard InChI is InChI=1S/C26H26O2/c1-3-27-19-25(21-11-7-5-8-12-21)23-15-17-24(18-16-23)26(20-28-4-2)22-13-9-6-10-14-22/h3-18,25-26H,1-2,19-20H2. The summed E-state index contributed by atoms with van der Waals surface area (Å²) in [4.78, 5) is 0. The highest BCUT2D eigenvalue weighted by atomic mass is 16.5. The molecule has 2 heteroatoms. The first-order chi connectivity index (χ1) is 13.8. The van der Waals surface area contributed by atoms with Gasteiger partial charge in [0.1, 0.15) is 0 Å². The Labute approximate surface area is 167 Å². The fraction of sp³-hybridized carbons (Fsp3) is 0.154. The van der Waals surface area contributed by atoms with Crippen molar-refractivity contribution >= 4 is 0 Å². The van der Waals surface area contributed by atoms with Crippen molar-refractivity contribution in [3.05, 3.63) is 133 Å². The van der Waals surface area contributed by atoms with Crippen LogP contribution in [-0.4, -0.2) is 13.2 Å². The molecular weight excluding hydrogens is 344 g/mol. The third kappa shape index (κ3) is 4.92. The van der Waals surface area contributed by atoms with Gasteiger partial charge in [-0.15, -0.1) is 0 Å². The van der Waals surface area contributed by atoms with Gasteiger partial charge in [0.15, 0.2) is 0 Å². The molecule has 0 N–H and O–H groups in total. The normalized spacial score (nSPS) is 12.6. The molecule has 0 saturated carbocycles. The van der Waals surface area contributed by atoms with Crippen molar-refractivity contribution in [2.45, 2.75) is 11.8 Å². The fourth-order valence-electron chi connectivity index (χ4n) is 3.43. The molecule has 3 rings (SSSR count). The van der Waals surface area contributed by atoms with Crippen molar-refractivity contribution in [1.82, 2.24) is 0 Å². The van der Waals surface area contributed by atoms with Crippen LogP contribution >= 0.6 is 0 Å². The van der Waals surface area contributed by atoms with Crippen LogP contribution < -0.4 is 0 Å². The lowest BCUT2D eigenvalue weighted by molar-refractivity contribution is 0.238. The molecule has 2 unspecified atom stereocenters. The quantitative estimate of drug-likeness (QED) is 0.392. The van der Waals surface area contributed by atoms with Gasteiger partial charge in [-0.2, -0.15) is 0 Å². The van der Waals surface area contributed by atoms with E-state index in [4.69, 9.17) is 9.47 Å². The molecule has 28 heavy (non-hydrogen) atoms. The maximum atomic E-state index is 5.54. The molecule has 0 fully saturated rings. The molecule has 0 saturated heterocycles. The minimum absolute atomic E-state index is 0.160. The van der Waals surface area contributed by atoms with E-state index >= 15 is 0 Å². The van der Waals surface area contributed by atoms with Crippen LogP contribution in [0.5, 0.6) is 0 Å². The molecule has 3 aromatic carbocycles. The van der Waals surface area contributed by atoms with E-state index in [9.17, 15) is 0 Å². The molecule has 142 valence electrons. The largest absolute Gasteiger partial charge is 0.501 e. The second kappa shape index (κ2) is 10.2. The van der Waals surface area contributed by atoms with Gasteiger partial charge >= 0.3 is 0 Å². The Kier molecular flexibility index (Phi) is 7.08. The highest BCUT2D eigenvalue weighted by molar-refractivity contribution is 5.38. The SMILES string of the molecule is C=COCC(c1ccccc1)c1ccc(C(COC=C)c2ccccc2)cc1. The van der Waals surface area contributed by atoms with E-state index in [0.717, 1.165) is 0 Å². The van der Waals surface area contributed by atoms with Gasteiger partial charge in [0.25, 0.3) is 0 Å². The van der Waals surface area contributed by atoms with Crippen molar-refractivity contribution < 1.29 is 9.47 Å². The lowest BCUT2D eigenvalue weighted by Crippen LogP contribution is -2.10. The number of hydrogen-bond donors (Lipinski definition) is 0. The average molecular weight is 370 g/mol. The Bertz CT molecular complexity index is 779. The predicted octanol–water partition coefficient (Wildman–Crippen LogP) is 6.27. The predicted molar refractivity (Wildman–Crippen MR) is 115 cm³/mol. The van der Waals surface area contributed by atoms with Crippen LogP contribution in [0.2, 0.25) is 0 Å². The monoisotopic (exact) mass is 370 g/mol. The lowest BCUT2D eigenvalue weighted by Gasteiger charge is -2.21. The molecule has 0 bridgehead atoms. The maximum Gasteiger partial charge on any atom is 0.0982 e. The number of ether oxygens (including phenoxy) is 2. The first-order valence-corrected chi connectivity index (χ1v) is 9.48. The zero-order chi connectivity index (χ0) is 19.6. The maximum absolute atomic E-state index is 5.54. The van der Waals surface area contributed by atoms with Crippen LogP contribution in [0.25, 0.3) is 0 Å². The molecule has 0 amide bonds. The van der Waals surface area contributed by atoms with Crippen LogP contribution in [0.3, 0.4) is 0 Å². The Morgan fingerprint density at radius 2 is 0.857 bits per heavy atom. The minimum Gasteiger partial charge on any atom is -0.501 e. The summed E-state index contributed by atoms with van der Waals surface area (Å²) in [6.45, 7) is 8.48. The van der Waals surface area contributed by atoms with Gasteiger partial charge in [-0.1, -0.05) is 98.1 Å². The van der Waals surface area contributed by atoms with Gasteiger partial charge in [-0.25, -0.2) is 0 Å². The van der Waals surface area contributed by atoms with E-state index in [1.807, 2.05) is 12.1 Å². The first kappa shape index (κ1) is 19.5. The molecule has 0 heterocycles. The number of hydrogen-bond acceptors (Lipinski definition) is 2. The molecule has 0 aromatic heterocycles. The zero-order valence-corrected chi connectivity index (χ0v) is 16.0. The van der Waals surface area contributed by atoms with Gasteiger partial charge in [-0.05, 0) is 22.3 Å². The third-order valence-electron chi connectivity index (χ3n) is 4.91. The Hall–Kier alpha value is -3.26. The highest BCUT2D eigenvalue weighted by Gasteiger charge is 2.18. The van der Waals surface area contributed by atoms with Gasteiger partial charge in [0, 0.05) is 11.8 Å². The van der Waals surface area contributed by atoms with Crippen LogP contribution in [-0.2, 0) is 9.47 Å². The zero-order valence-electron chi connectivity index (χ0n) is 16.0. The fourth-order valence-corrected chi connectivity index (χ4v) is 3.43. The summed E-state index contributed by atoms with van der Waals surface area (Å²) in [5.41, 5.74) is 4.89. The van der Waals surface area contributed by atoms with Crippen molar-refractivity contribution in [2.24, 2.45) is 0 Å². The molecule has 0 aliphatic heterocycles.